The van der Waals surface area contributed by atoms with Gasteiger partial charge in [-0.1, -0.05) is 202 Å². The van der Waals surface area contributed by atoms with Gasteiger partial charge in [-0.3, -0.25) is 0 Å². The summed E-state index contributed by atoms with van der Waals surface area (Å²) in [7, 11) is 0. The van der Waals surface area contributed by atoms with Gasteiger partial charge in [0.15, 0.2) is 0 Å². The van der Waals surface area contributed by atoms with E-state index in [1.807, 2.05) is 0 Å². The number of hydrogen-bond donors (Lipinski definition) is 0. The molecule has 1 nitrogen and oxygen atoms in total. The number of hydrogen-bond acceptors (Lipinski definition) is 1. The van der Waals surface area contributed by atoms with Crippen LogP contribution in [0.5, 0.6) is 0 Å². The van der Waals surface area contributed by atoms with Crippen molar-refractivity contribution >= 4 is 23.0 Å². The fourth-order valence-electron chi connectivity index (χ4n) is 11.2. The van der Waals surface area contributed by atoms with E-state index in [1.165, 1.54) is 105 Å². The van der Waals surface area contributed by atoms with E-state index in [0.717, 1.165) is 6.42 Å². The number of aryl methyl sites for hydroxylation is 1. The average Bonchev–Trinajstić information content (AvgIpc) is 3.75. The van der Waals surface area contributed by atoms with Crippen molar-refractivity contribution in [3.05, 3.63) is 261 Å². The predicted octanol–water partition coefficient (Wildman–Crippen LogP) is 13.9. The highest BCUT2D eigenvalue weighted by molar-refractivity contribution is 5.92. The van der Waals surface area contributed by atoms with Crippen LogP contribution in [0.1, 0.15) is 64.8 Å². The second-order valence-corrected chi connectivity index (χ2v) is 18.0. The Kier molecular flexibility index (Phi) is 9.39. The van der Waals surface area contributed by atoms with Crippen LogP contribution in [0.15, 0.2) is 206 Å². The Labute approximate surface area is 372 Å². The first-order chi connectivity index (χ1) is 30.9. The van der Waals surface area contributed by atoms with Gasteiger partial charge in [0.05, 0.1) is 5.41 Å². The highest BCUT2D eigenvalue weighted by atomic mass is 15.1. The van der Waals surface area contributed by atoms with Gasteiger partial charge in [0, 0.05) is 23.3 Å². The standard InChI is InChI=1S/C62H51N/c1-42-20-14-16-28-50(42)51-35-37-58-60(43(51)2)55-40-48(33-36-56(55)61(58,3)4)63(39-38-45-23-15-17-29-52(45)44-21-8-5-9-22-44)49-32-34-54-53-30-18-19-31-57(53)62(59(54)41-49,46-24-10-6-11-25-46)47-26-12-7-13-27-47/h5-21,23-38,40-41H,22,39H2,1-4H3/b45-38-,52-44-. The molecule has 0 aromatic heterocycles. The Morgan fingerprint density at radius 1 is 0.508 bits per heavy atom. The van der Waals surface area contributed by atoms with E-state index in [0.29, 0.717) is 6.54 Å². The van der Waals surface area contributed by atoms with Crippen LogP contribution in [0.25, 0.3) is 45.0 Å². The van der Waals surface area contributed by atoms with Crippen LogP contribution in [0.4, 0.5) is 11.4 Å². The number of nitrogens with zero attached hydrogens (tertiary/aromatic N) is 1. The zero-order valence-corrected chi connectivity index (χ0v) is 36.6. The quantitative estimate of drug-likeness (QED) is 0.155. The van der Waals surface area contributed by atoms with E-state index in [2.05, 4.69) is 245 Å². The molecule has 0 atom stereocenters. The minimum Gasteiger partial charge on any atom is -0.338 e. The summed E-state index contributed by atoms with van der Waals surface area (Å²) in [4.78, 5) is 2.55. The Morgan fingerprint density at radius 2 is 1.13 bits per heavy atom. The number of fused-ring (bicyclic) bond motifs is 6. The van der Waals surface area contributed by atoms with E-state index < -0.39 is 5.41 Å². The lowest BCUT2D eigenvalue weighted by Crippen LogP contribution is -2.30. The van der Waals surface area contributed by atoms with E-state index in [-0.39, 0.29) is 5.41 Å². The molecule has 8 aromatic carbocycles. The molecular weight excluding hydrogens is 759 g/mol. The number of benzene rings is 8. The smallest absolute Gasteiger partial charge is 0.0714 e. The van der Waals surface area contributed by atoms with Gasteiger partial charge in [0.2, 0.25) is 0 Å². The lowest BCUT2D eigenvalue weighted by Gasteiger charge is -2.35. The molecule has 8 aromatic rings. The predicted molar refractivity (Wildman–Crippen MR) is 266 cm³/mol. The molecular formula is C62H51N. The molecule has 0 heterocycles. The second kappa shape index (κ2) is 15.3. The topological polar surface area (TPSA) is 3.24 Å². The monoisotopic (exact) mass is 809 g/mol. The zero-order chi connectivity index (χ0) is 42.7. The lowest BCUT2D eigenvalue weighted by atomic mass is 9.67. The van der Waals surface area contributed by atoms with Crippen molar-refractivity contribution in [1.29, 1.82) is 0 Å². The first kappa shape index (κ1) is 38.7. The molecule has 0 saturated carbocycles. The van der Waals surface area contributed by atoms with Crippen LogP contribution in [-0.4, -0.2) is 6.54 Å². The van der Waals surface area contributed by atoms with Gasteiger partial charge in [0.25, 0.3) is 0 Å². The molecule has 0 radical (unpaired) electrons. The molecule has 1 heteroatoms. The third-order valence-electron chi connectivity index (χ3n) is 14.3. The van der Waals surface area contributed by atoms with E-state index in [4.69, 9.17) is 0 Å². The van der Waals surface area contributed by atoms with Crippen molar-refractivity contribution in [2.24, 2.45) is 0 Å². The van der Waals surface area contributed by atoms with Gasteiger partial charge < -0.3 is 4.90 Å². The van der Waals surface area contributed by atoms with Crippen LogP contribution >= 0.6 is 0 Å². The van der Waals surface area contributed by atoms with Crippen LogP contribution in [0.3, 0.4) is 0 Å². The SMILES string of the molecule is Cc1ccccc1-c1ccc2c(c1C)-c1cc(N(C/C=c3/cccc/c3=C3\C=CC=CC3)c3ccc4c(c3)C(c3ccccc3)(c3ccccc3)c3ccccc3-4)ccc1C2(C)C. The Hall–Kier alpha value is -7.22. The van der Waals surface area contributed by atoms with E-state index >= 15 is 0 Å². The normalized spacial score (nSPS) is 16.0. The highest BCUT2D eigenvalue weighted by Crippen LogP contribution is 2.57. The van der Waals surface area contributed by atoms with Crippen molar-refractivity contribution in [3.63, 3.8) is 0 Å². The summed E-state index contributed by atoms with van der Waals surface area (Å²) >= 11 is 0. The summed E-state index contributed by atoms with van der Waals surface area (Å²) in [5.74, 6) is 0. The van der Waals surface area contributed by atoms with Gasteiger partial charge in [-0.15, -0.1) is 0 Å². The van der Waals surface area contributed by atoms with Crippen LogP contribution in [0, 0.1) is 13.8 Å². The molecule has 11 rings (SSSR count). The molecule has 0 bridgehead atoms. The molecule has 0 N–H and O–H groups in total. The van der Waals surface area contributed by atoms with Crippen LogP contribution < -0.4 is 15.3 Å². The first-order valence-corrected chi connectivity index (χ1v) is 22.5. The maximum atomic E-state index is 2.55. The minimum atomic E-state index is -0.492. The molecule has 0 amide bonds. The molecule has 3 aliphatic rings. The van der Waals surface area contributed by atoms with E-state index in [9.17, 15) is 0 Å². The maximum absolute atomic E-state index is 2.55. The second-order valence-electron chi connectivity index (χ2n) is 18.0. The molecule has 0 spiro atoms. The van der Waals surface area contributed by atoms with Gasteiger partial charge in [-0.05, 0) is 138 Å². The summed E-state index contributed by atoms with van der Waals surface area (Å²) in [6.45, 7) is 10.0. The van der Waals surface area contributed by atoms with Crippen LogP contribution in [0.2, 0.25) is 0 Å². The summed E-state index contributed by atoms with van der Waals surface area (Å²) in [6, 6.07) is 68.3. The van der Waals surface area contributed by atoms with Crippen molar-refractivity contribution in [2.75, 3.05) is 11.4 Å². The minimum absolute atomic E-state index is 0.127. The molecule has 0 saturated heterocycles. The lowest BCUT2D eigenvalue weighted by molar-refractivity contribution is 0.660. The summed E-state index contributed by atoms with van der Waals surface area (Å²) in [6.07, 6.45) is 12.2. The Balaban J connectivity index is 1.15. The molecule has 63 heavy (non-hydrogen) atoms. The molecule has 0 aliphatic heterocycles. The van der Waals surface area contributed by atoms with Gasteiger partial charge in [-0.2, -0.15) is 0 Å². The summed E-state index contributed by atoms with van der Waals surface area (Å²) < 4.78 is 0. The van der Waals surface area contributed by atoms with Crippen molar-refractivity contribution in [2.45, 2.75) is 44.9 Å². The third kappa shape index (κ3) is 6.13. The maximum Gasteiger partial charge on any atom is 0.0714 e. The first-order valence-electron chi connectivity index (χ1n) is 22.5. The van der Waals surface area contributed by atoms with Crippen LogP contribution in [-0.2, 0) is 10.8 Å². The summed E-state index contributed by atoms with van der Waals surface area (Å²) in [5.41, 5.74) is 21.6. The Morgan fingerprint density at radius 3 is 1.87 bits per heavy atom. The molecule has 0 fully saturated rings. The number of rotatable bonds is 7. The van der Waals surface area contributed by atoms with Gasteiger partial charge >= 0.3 is 0 Å². The van der Waals surface area contributed by atoms with Crippen molar-refractivity contribution in [3.8, 4) is 33.4 Å². The van der Waals surface area contributed by atoms with Gasteiger partial charge in [0.1, 0.15) is 0 Å². The average molecular weight is 810 g/mol. The van der Waals surface area contributed by atoms with Crippen molar-refractivity contribution in [1.82, 2.24) is 0 Å². The largest absolute Gasteiger partial charge is 0.338 e. The molecule has 304 valence electrons. The summed E-state index contributed by atoms with van der Waals surface area (Å²) in [5, 5.41) is 2.54. The number of allylic oxidation sites excluding steroid dienone is 4. The van der Waals surface area contributed by atoms with Gasteiger partial charge in [-0.25, -0.2) is 0 Å². The highest BCUT2D eigenvalue weighted by Gasteiger charge is 2.46. The Bertz CT molecular complexity index is 3230. The third-order valence-corrected chi connectivity index (χ3v) is 14.3. The molecule has 3 aliphatic carbocycles. The zero-order valence-electron chi connectivity index (χ0n) is 36.6. The fraction of sp³-hybridized carbons (Fsp3) is 0.129. The van der Waals surface area contributed by atoms with E-state index in [1.54, 1.807) is 0 Å². The molecule has 0 unspecified atom stereocenters. The van der Waals surface area contributed by atoms with Crippen molar-refractivity contribution < 1.29 is 0 Å². The fourth-order valence-corrected chi connectivity index (χ4v) is 11.2. The number of anilines is 2.